The largest absolute Gasteiger partial charge is 0.434 e. The van der Waals surface area contributed by atoms with E-state index >= 15 is 0 Å². The van der Waals surface area contributed by atoms with Crippen LogP contribution in [0.3, 0.4) is 0 Å². The van der Waals surface area contributed by atoms with E-state index in [9.17, 15) is 4.39 Å². The van der Waals surface area contributed by atoms with E-state index in [-0.39, 0.29) is 11.6 Å². The summed E-state index contributed by atoms with van der Waals surface area (Å²) in [5.74, 6) is -0.0558. The quantitative estimate of drug-likeness (QED) is 0.815. The van der Waals surface area contributed by atoms with E-state index in [1.807, 2.05) is 6.07 Å². The molecule has 1 heterocycles. The van der Waals surface area contributed by atoms with Crippen molar-refractivity contribution in [1.82, 2.24) is 15.5 Å². The van der Waals surface area contributed by atoms with Crippen molar-refractivity contribution in [3.8, 4) is 11.6 Å². The molecule has 0 fully saturated rings. The summed E-state index contributed by atoms with van der Waals surface area (Å²) in [6.07, 6.45) is 1.07. The molecule has 0 bridgehead atoms. The van der Waals surface area contributed by atoms with Gasteiger partial charge in [0.05, 0.1) is 5.69 Å². The summed E-state index contributed by atoms with van der Waals surface area (Å²) in [6.45, 7) is 3.69. The lowest BCUT2D eigenvalue weighted by molar-refractivity contribution is 0.420. The van der Waals surface area contributed by atoms with E-state index in [1.54, 1.807) is 12.1 Å². The molecule has 0 unspecified atom stereocenters. The predicted octanol–water partition coefficient (Wildman–Crippen LogP) is 3.67. The molecular weight excluding hydrogens is 325 g/mol. The highest BCUT2D eigenvalue weighted by molar-refractivity contribution is 9.10. The van der Waals surface area contributed by atoms with Crippen LogP contribution in [0.2, 0.25) is 0 Å². The van der Waals surface area contributed by atoms with Crippen molar-refractivity contribution in [2.24, 2.45) is 0 Å². The lowest BCUT2D eigenvalue weighted by Gasteiger charge is -2.06. The van der Waals surface area contributed by atoms with Crippen molar-refractivity contribution < 1.29 is 9.13 Å². The Morgan fingerprint density at radius 3 is 2.75 bits per heavy atom. The molecule has 0 radical (unpaired) electrons. The Labute approximate surface area is 125 Å². The van der Waals surface area contributed by atoms with Gasteiger partial charge in [0.2, 0.25) is 5.88 Å². The summed E-state index contributed by atoms with van der Waals surface area (Å²) >= 11 is 3.19. The average molecular weight is 340 g/mol. The summed E-state index contributed by atoms with van der Waals surface area (Å²) in [5, 5.41) is 11.2. The molecule has 20 heavy (non-hydrogen) atoms. The molecule has 0 saturated heterocycles. The molecule has 0 aliphatic carbocycles. The second kappa shape index (κ2) is 7.31. The second-order valence-corrected chi connectivity index (χ2v) is 5.13. The van der Waals surface area contributed by atoms with Gasteiger partial charge in [0, 0.05) is 17.1 Å². The molecule has 0 atom stereocenters. The summed E-state index contributed by atoms with van der Waals surface area (Å²) in [5.41, 5.74) is 0.821. The Hall–Kier alpha value is -1.53. The van der Waals surface area contributed by atoms with Gasteiger partial charge in [0.25, 0.3) is 0 Å². The molecule has 1 N–H and O–H groups in total. The number of hydrogen-bond donors (Lipinski definition) is 1. The molecule has 2 aromatic rings. The molecule has 0 spiro atoms. The summed E-state index contributed by atoms with van der Waals surface area (Å²) < 4.78 is 19.6. The standard InChI is InChI=1S/C14H15BrFN3O/c1-2-7-17-9-11-4-6-14(19-18-11)20-13-5-3-10(15)8-12(13)16/h3-6,8,17H,2,7,9H2,1H3. The van der Waals surface area contributed by atoms with Gasteiger partial charge in [-0.2, -0.15) is 5.10 Å². The van der Waals surface area contributed by atoms with Crippen molar-refractivity contribution in [2.45, 2.75) is 19.9 Å². The van der Waals surface area contributed by atoms with Crippen molar-refractivity contribution >= 4 is 15.9 Å². The minimum Gasteiger partial charge on any atom is -0.434 e. The number of nitrogens with zero attached hydrogens (tertiary/aromatic N) is 2. The zero-order valence-corrected chi connectivity index (χ0v) is 12.7. The maximum atomic E-state index is 13.6. The zero-order chi connectivity index (χ0) is 14.4. The van der Waals surface area contributed by atoms with Crippen molar-refractivity contribution in [3.05, 3.63) is 46.3 Å². The van der Waals surface area contributed by atoms with E-state index in [4.69, 9.17) is 4.74 Å². The molecule has 0 aliphatic heterocycles. The molecule has 0 amide bonds. The van der Waals surface area contributed by atoms with E-state index in [1.165, 1.54) is 12.1 Å². The van der Waals surface area contributed by atoms with Crippen LogP contribution in [-0.4, -0.2) is 16.7 Å². The van der Waals surface area contributed by atoms with Crippen molar-refractivity contribution in [3.63, 3.8) is 0 Å². The topological polar surface area (TPSA) is 47.0 Å². The predicted molar refractivity (Wildman–Crippen MR) is 78.2 cm³/mol. The van der Waals surface area contributed by atoms with E-state index < -0.39 is 5.82 Å². The molecule has 1 aromatic carbocycles. The highest BCUT2D eigenvalue weighted by Crippen LogP contribution is 2.25. The molecule has 0 aliphatic rings. The van der Waals surface area contributed by atoms with Crippen LogP contribution < -0.4 is 10.1 Å². The first kappa shape index (κ1) is 14.9. The minimum absolute atomic E-state index is 0.124. The highest BCUT2D eigenvalue weighted by atomic mass is 79.9. The number of hydrogen-bond acceptors (Lipinski definition) is 4. The third-order valence-corrected chi connectivity index (χ3v) is 3.03. The maximum absolute atomic E-state index is 13.6. The Morgan fingerprint density at radius 2 is 2.10 bits per heavy atom. The van der Waals surface area contributed by atoms with Crippen LogP contribution in [0.4, 0.5) is 4.39 Å². The first-order valence-electron chi connectivity index (χ1n) is 6.35. The number of rotatable bonds is 6. The van der Waals surface area contributed by atoms with Gasteiger partial charge in [-0.15, -0.1) is 5.10 Å². The minimum atomic E-state index is -0.449. The van der Waals surface area contributed by atoms with Gasteiger partial charge in [0.15, 0.2) is 11.6 Å². The van der Waals surface area contributed by atoms with Crippen molar-refractivity contribution in [1.29, 1.82) is 0 Å². The van der Waals surface area contributed by atoms with Gasteiger partial charge < -0.3 is 10.1 Å². The molecular formula is C14H15BrFN3O. The third kappa shape index (κ3) is 4.25. The fourth-order valence-electron chi connectivity index (χ4n) is 1.56. The molecule has 6 heteroatoms. The van der Waals surface area contributed by atoms with E-state index in [0.29, 0.717) is 11.0 Å². The van der Waals surface area contributed by atoms with Crippen LogP contribution in [0.1, 0.15) is 19.0 Å². The Kier molecular flexibility index (Phi) is 5.43. The third-order valence-electron chi connectivity index (χ3n) is 2.54. The fourth-order valence-corrected chi connectivity index (χ4v) is 1.89. The smallest absolute Gasteiger partial charge is 0.239 e. The van der Waals surface area contributed by atoms with Gasteiger partial charge in [-0.1, -0.05) is 22.9 Å². The molecule has 0 saturated carbocycles. The molecule has 1 aromatic heterocycles. The van der Waals surface area contributed by atoms with Gasteiger partial charge in [-0.3, -0.25) is 0 Å². The summed E-state index contributed by atoms with van der Waals surface area (Å²) in [7, 11) is 0. The first-order valence-corrected chi connectivity index (χ1v) is 7.14. The van der Waals surface area contributed by atoms with Crippen LogP contribution in [-0.2, 0) is 6.54 Å². The number of ether oxygens (including phenoxy) is 1. The van der Waals surface area contributed by atoms with Crippen LogP contribution >= 0.6 is 15.9 Å². The summed E-state index contributed by atoms with van der Waals surface area (Å²) in [4.78, 5) is 0. The number of aromatic nitrogens is 2. The monoisotopic (exact) mass is 339 g/mol. The van der Waals surface area contributed by atoms with Crippen LogP contribution in [0.15, 0.2) is 34.8 Å². The number of nitrogens with one attached hydrogen (secondary N) is 1. The first-order chi connectivity index (χ1) is 9.69. The van der Waals surface area contributed by atoms with Gasteiger partial charge in [-0.25, -0.2) is 4.39 Å². The van der Waals surface area contributed by atoms with E-state index in [0.717, 1.165) is 18.7 Å². The summed E-state index contributed by atoms with van der Waals surface area (Å²) in [6, 6.07) is 8.07. The van der Waals surface area contributed by atoms with E-state index in [2.05, 4.69) is 38.4 Å². The molecule has 4 nitrogen and oxygen atoms in total. The fraction of sp³-hybridized carbons (Fsp3) is 0.286. The lowest BCUT2D eigenvalue weighted by atomic mass is 10.3. The van der Waals surface area contributed by atoms with Crippen molar-refractivity contribution in [2.75, 3.05) is 6.54 Å². The van der Waals surface area contributed by atoms with Gasteiger partial charge in [-0.05, 0) is 37.2 Å². The van der Waals surface area contributed by atoms with Gasteiger partial charge >= 0.3 is 0 Å². The highest BCUT2D eigenvalue weighted by Gasteiger charge is 2.06. The SMILES string of the molecule is CCCNCc1ccc(Oc2ccc(Br)cc2F)nn1. The normalized spacial score (nSPS) is 10.6. The average Bonchev–Trinajstić information content (AvgIpc) is 2.44. The van der Waals surface area contributed by atoms with Crippen LogP contribution in [0.25, 0.3) is 0 Å². The second-order valence-electron chi connectivity index (χ2n) is 4.22. The van der Waals surface area contributed by atoms with Crippen LogP contribution in [0.5, 0.6) is 11.6 Å². The maximum Gasteiger partial charge on any atom is 0.239 e. The van der Waals surface area contributed by atoms with Gasteiger partial charge in [0.1, 0.15) is 0 Å². The number of halogens is 2. The Bertz CT molecular complexity index is 563. The Morgan fingerprint density at radius 1 is 1.25 bits per heavy atom. The zero-order valence-electron chi connectivity index (χ0n) is 11.1. The number of benzene rings is 1. The van der Waals surface area contributed by atoms with Crippen LogP contribution in [0, 0.1) is 5.82 Å². The molecule has 106 valence electrons. The lowest BCUT2D eigenvalue weighted by Crippen LogP contribution is -2.15. The Balaban J connectivity index is 1.99. The molecule has 2 rings (SSSR count).